The number of aromatic nitrogens is 2. The van der Waals surface area contributed by atoms with E-state index in [-0.39, 0.29) is 17.4 Å². The fraction of sp³-hybridized carbons (Fsp3) is 0.667. The van der Waals surface area contributed by atoms with Crippen molar-refractivity contribution in [3.05, 3.63) is 22.7 Å². The van der Waals surface area contributed by atoms with Gasteiger partial charge in [-0.25, -0.2) is 9.78 Å². The second-order valence-electron chi connectivity index (χ2n) is 6.43. The SMILES string of the molecule is CC1CCCC(Nc2nccn(C3CC3)c2=O)(C(=O)O)C1. The molecule has 2 saturated carbocycles. The van der Waals surface area contributed by atoms with Crippen LogP contribution in [-0.2, 0) is 4.79 Å². The summed E-state index contributed by atoms with van der Waals surface area (Å²) >= 11 is 0. The van der Waals surface area contributed by atoms with Crippen LogP contribution in [0.1, 0.15) is 51.5 Å². The third-order valence-corrected chi connectivity index (χ3v) is 4.57. The summed E-state index contributed by atoms with van der Waals surface area (Å²) in [7, 11) is 0. The lowest BCUT2D eigenvalue weighted by Crippen LogP contribution is -2.51. The molecule has 0 spiro atoms. The van der Waals surface area contributed by atoms with Gasteiger partial charge in [-0.1, -0.05) is 19.8 Å². The molecule has 0 amide bonds. The monoisotopic (exact) mass is 291 g/mol. The number of aliphatic carboxylic acids is 1. The Hall–Kier alpha value is -1.85. The minimum Gasteiger partial charge on any atom is -0.480 e. The maximum Gasteiger partial charge on any atom is 0.329 e. The van der Waals surface area contributed by atoms with E-state index in [9.17, 15) is 14.7 Å². The highest BCUT2D eigenvalue weighted by Crippen LogP contribution is 2.35. The van der Waals surface area contributed by atoms with Gasteiger partial charge in [0.2, 0.25) is 0 Å². The molecule has 1 aromatic rings. The van der Waals surface area contributed by atoms with E-state index in [1.807, 2.05) is 0 Å². The summed E-state index contributed by atoms with van der Waals surface area (Å²) in [6.45, 7) is 2.05. The Morgan fingerprint density at radius 1 is 1.48 bits per heavy atom. The summed E-state index contributed by atoms with van der Waals surface area (Å²) < 4.78 is 1.66. The van der Waals surface area contributed by atoms with Crippen LogP contribution in [0, 0.1) is 5.92 Å². The number of anilines is 1. The molecule has 2 aliphatic rings. The van der Waals surface area contributed by atoms with E-state index in [0.717, 1.165) is 25.7 Å². The van der Waals surface area contributed by atoms with Crippen molar-refractivity contribution in [2.45, 2.75) is 57.0 Å². The number of carboxylic acids is 1. The highest BCUT2D eigenvalue weighted by atomic mass is 16.4. The molecule has 0 bridgehead atoms. The van der Waals surface area contributed by atoms with Crippen molar-refractivity contribution >= 4 is 11.8 Å². The zero-order valence-corrected chi connectivity index (χ0v) is 12.2. The lowest BCUT2D eigenvalue weighted by molar-refractivity contribution is -0.144. The fourth-order valence-corrected chi connectivity index (χ4v) is 3.29. The Morgan fingerprint density at radius 2 is 2.24 bits per heavy atom. The predicted octanol–water partition coefficient (Wildman–Crippen LogP) is 2.02. The zero-order chi connectivity index (χ0) is 15.0. The van der Waals surface area contributed by atoms with Crippen LogP contribution in [0.3, 0.4) is 0 Å². The van der Waals surface area contributed by atoms with Crippen molar-refractivity contribution in [1.82, 2.24) is 9.55 Å². The number of rotatable bonds is 4. The van der Waals surface area contributed by atoms with Gasteiger partial charge >= 0.3 is 5.97 Å². The summed E-state index contributed by atoms with van der Waals surface area (Å²) in [5, 5.41) is 12.6. The lowest BCUT2D eigenvalue weighted by atomic mass is 9.76. The van der Waals surface area contributed by atoms with Crippen LogP contribution >= 0.6 is 0 Å². The van der Waals surface area contributed by atoms with Gasteiger partial charge in [-0.05, 0) is 31.6 Å². The summed E-state index contributed by atoms with van der Waals surface area (Å²) in [4.78, 5) is 28.3. The Kier molecular flexibility index (Phi) is 3.47. The Morgan fingerprint density at radius 3 is 2.86 bits per heavy atom. The van der Waals surface area contributed by atoms with Crippen LogP contribution in [0.5, 0.6) is 0 Å². The van der Waals surface area contributed by atoms with Gasteiger partial charge in [0.25, 0.3) is 5.56 Å². The molecule has 2 N–H and O–H groups in total. The molecule has 2 atom stereocenters. The molecule has 2 aliphatic carbocycles. The van der Waals surface area contributed by atoms with Crippen LogP contribution in [0.2, 0.25) is 0 Å². The molecule has 21 heavy (non-hydrogen) atoms. The molecule has 114 valence electrons. The molecule has 3 rings (SSSR count). The molecule has 1 heterocycles. The Bertz CT molecular complexity index is 608. The first-order chi connectivity index (χ1) is 10.0. The van der Waals surface area contributed by atoms with Crippen molar-refractivity contribution < 1.29 is 9.90 Å². The molecular weight excluding hydrogens is 270 g/mol. The van der Waals surface area contributed by atoms with Gasteiger partial charge in [0.05, 0.1) is 0 Å². The number of hydrogen-bond donors (Lipinski definition) is 2. The highest BCUT2D eigenvalue weighted by Gasteiger charge is 2.43. The van der Waals surface area contributed by atoms with Gasteiger partial charge in [-0.2, -0.15) is 0 Å². The number of carboxylic acid groups (broad SMARTS) is 1. The molecule has 2 fully saturated rings. The number of carbonyl (C=O) groups is 1. The average molecular weight is 291 g/mol. The minimum absolute atomic E-state index is 0.168. The van der Waals surface area contributed by atoms with Crippen molar-refractivity contribution in [2.75, 3.05) is 5.32 Å². The van der Waals surface area contributed by atoms with Crippen LogP contribution in [0.4, 0.5) is 5.82 Å². The van der Waals surface area contributed by atoms with Crippen LogP contribution in [0.25, 0.3) is 0 Å². The van der Waals surface area contributed by atoms with E-state index < -0.39 is 11.5 Å². The fourth-order valence-electron chi connectivity index (χ4n) is 3.29. The molecule has 2 unspecified atom stereocenters. The van der Waals surface area contributed by atoms with E-state index in [4.69, 9.17) is 0 Å². The molecule has 6 heteroatoms. The molecule has 1 aromatic heterocycles. The van der Waals surface area contributed by atoms with Crippen molar-refractivity contribution in [3.63, 3.8) is 0 Å². The predicted molar refractivity (Wildman–Crippen MR) is 78.4 cm³/mol. The molecule has 6 nitrogen and oxygen atoms in total. The summed E-state index contributed by atoms with van der Waals surface area (Å²) in [5.74, 6) is -0.394. The third-order valence-electron chi connectivity index (χ3n) is 4.57. The number of hydrogen-bond acceptors (Lipinski definition) is 4. The van der Waals surface area contributed by atoms with E-state index in [0.29, 0.717) is 18.8 Å². The summed E-state index contributed by atoms with van der Waals surface area (Å²) in [6.07, 6.45) is 8.21. The van der Waals surface area contributed by atoms with E-state index >= 15 is 0 Å². The van der Waals surface area contributed by atoms with Gasteiger partial charge in [-0.15, -0.1) is 0 Å². The Balaban J connectivity index is 1.91. The summed E-state index contributed by atoms with van der Waals surface area (Å²) in [6, 6.07) is 0.257. The number of nitrogens with one attached hydrogen (secondary N) is 1. The van der Waals surface area contributed by atoms with Gasteiger partial charge in [-0.3, -0.25) is 4.79 Å². The third kappa shape index (κ3) is 2.66. The summed E-state index contributed by atoms with van der Waals surface area (Å²) in [5.41, 5.74) is -1.27. The minimum atomic E-state index is -1.06. The second-order valence-corrected chi connectivity index (χ2v) is 6.43. The smallest absolute Gasteiger partial charge is 0.329 e. The lowest BCUT2D eigenvalue weighted by Gasteiger charge is -2.37. The van der Waals surface area contributed by atoms with Gasteiger partial charge in [0.1, 0.15) is 5.54 Å². The Labute approximate surface area is 123 Å². The maximum atomic E-state index is 12.4. The molecular formula is C15H21N3O3. The average Bonchev–Trinajstić information content (AvgIpc) is 3.25. The second kappa shape index (κ2) is 5.16. The first-order valence-corrected chi connectivity index (χ1v) is 7.60. The molecule has 0 radical (unpaired) electrons. The zero-order valence-electron chi connectivity index (χ0n) is 12.2. The van der Waals surface area contributed by atoms with E-state index in [1.165, 1.54) is 0 Å². The van der Waals surface area contributed by atoms with Gasteiger partial charge in [0.15, 0.2) is 5.82 Å². The largest absolute Gasteiger partial charge is 0.480 e. The normalized spacial score (nSPS) is 29.1. The van der Waals surface area contributed by atoms with Crippen LogP contribution in [-0.4, -0.2) is 26.2 Å². The van der Waals surface area contributed by atoms with Crippen molar-refractivity contribution in [2.24, 2.45) is 5.92 Å². The van der Waals surface area contributed by atoms with Crippen LogP contribution < -0.4 is 10.9 Å². The first-order valence-electron chi connectivity index (χ1n) is 7.60. The van der Waals surface area contributed by atoms with Crippen LogP contribution in [0.15, 0.2) is 17.2 Å². The van der Waals surface area contributed by atoms with Crippen molar-refractivity contribution in [3.8, 4) is 0 Å². The first kappa shape index (κ1) is 14.1. The van der Waals surface area contributed by atoms with Crippen molar-refractivity contribution in [1.29, 1.82) is 0 Å². The number of nitrogens with zero attached hydrogens (tertiary/aromatic N) is 2. The molecule has 0 aromatic carbocycles. The van der Waals surface area contributed by atoms with E-state index in [1.54, 1.807) is 17.0 Å². The molecule has 0 saturated heterocycles. The van der Waals surface area contributed by atoms with Gasteiger partial charge < -0.3 is 15.0 Å². The topological polar surface area (TPSA) is 84.2 Å². The maximum absolute atomic E-state index is 12.4. The molecule has 0 aliphatic heterocycles. The highest BCUT2D eigenvalue weighted by molar-refractivity contribution is 5.82. The van der Waals surface area contributed by atoms with Gasteiger partial charge in [0, 0.05) is 18.4 Å². The quantitative estimate of drug-likeness (QED) is 0.886. The van der Waals surface area contributed by atoms with E-state index in [2.05, 4.69) is 17.2 Å². The standard InChI is InChI=1S/C15H21N3O3/c1-10-3-2-6-15(9-10,14(20)21)17-12-13(19)18(8-7-16-12)11-4-5-11/h7-8,10-11H,2-6,9H2,1H3,(H,16,17)(H,20,21).